The minimum atomic E-state index is 0.152. The molecule has 7 atom stereocenters. The zero-order chi connectivity index (χ0) is 22.4. The molecule has 3 aliphatic carbocycles. The summed E-state index contributed by atoms with van der Waals surface area (Å²) in [5, 5.41) is 0. The van der Waals surface area contributed by atoms with Crippen molar-refractivity contribution >= 4 is 5.91 Å². The van der Waals surface area contributed by atoms with Gasteiger partial charge in [0.05, 0.1) is 6.10 Å². The second-order valence-electron chi connectivity index (χ2n) is 10.8. The van der Waals surface area contributed by atoms with Crippen LogP contribution in [0.15, 0.2) is 42.1 Å². The first-order valence-corrected chi connectivity index (χ1v) is 12.5. The van der Waals surface area contributed by atoms with E-state index in [0.29, 0.717) is 41.6 Å². The summed E-state index contributed by atoms with van der Waals surface area (Å²) < 4.78 is 6.44. The molecule has 3 fully saturated rings. The van der Waals surface area contributed by atoms with Crippen LogP contribution in [-0.4, -0.2) is 24.0 Å². The van der Waals surface area contributed by atoms with Gasteiger partial charge >= 0.3 is 0 Å². The number of carbonyl (C=O) groups excluding carboxylic acids is 1. The molecular weight excluding hydrogens is 382 g/mol. The number of allylic oxidation sites excluding steroid dienone is 2. The molecule has 3 nitrogen and oxygen atoms in total. The average Bonchev–Trinajstić information content (AvgIpc) is 3.10. The number of ether oxygens (including phenoxy) is 1. The Balaban J connectivity index is 0.00000112. The highest BCUT2D eigenvalue weighted by Crippen LogP contribution is 2.65. The standard InChI is InChI=1S/C26H35NO2.C2H6/c1-17-14-22-26(3,13-11-23(28)27(22)4)20-10-12-25(2)16-19(15-21(25)24(17)20)29-18-8-6-5-7-9-18;1-2/h5-9,14,17,19-21,24H,10-13,15-16H2,1-4H3;1-2H3/t17?,19?,20?,21?,24?,25-,26-;/m1./s1. The maximum absolute atomic E-state index is 12.4. The molecule has 1 aromatic rings. The summed E-state index contributed by atoms with van der Waals surface area (Å²) >= 11 is 0. The van der Waals surface area contributed by atoms with E-state index >= 15 is 0 Å². The van der Waals surface area contributed by atoms with Crippen molar-refractivity contribution in [1.29, 1.82) is 0 Å². The van der Waals surface area contributed by atoms with E-state index in [1.165, 1.54) is 31.4 Å². The summed E-state index contributed by atoms with van der Waals surface area (Å²) in [6, 6.07) is 10.3. The van der Waals surface area contributed by atoms with Crippen molar-refractivity contribution in [3.05, 3.63) is 42.1 Å². The van der Waals surface area contributed by atoms with E-state index in [0.717, 1.165) is 12.2 Å². The van der Waals surface area contributed by atoms with E-state index in [4.69, 9.17) is 4.74 Å². The molecule has 1 amide bonds. The zero-order valence-corrected chi connectivity index (χ0v) is 20.4. The molecule has 1 aromatic carbocycles. The lowest BCUT2D eigenvalue weighted by molar-refractivity contribution is -0.136. The van der Waals surface area contributed by atoms with Crippen LogP contribution in [0.2, 0.25) is 0 Å². The van der Waals surface area contributed by atoms with Gasteiger partial charge in [-0.05, 0) is 73.3 Å². The molecule has 0 N–H and O–H groups in total. The fourth-order valence-corrected chi connectivity index (χ4v) is 7.66. The molecule has 0 spiro atoms. The van der Waals surface area contributed by atoms with Crippen LogP contribution >= 0.6 is 0 Å². The molecule has 2 saturated carbocycles. The summed E-state index contributed by atoms with van der Waals surface area (Å²) in [4.78, 5) is 14.3. The van der Waals surface area contributed by atoms with Crippen LogP contribution in [0, 0.1) is 34.5 Å². The summed E-state index contributed by atoms with van der Waals surface area (Å²) in [6.07, 6.45) is 9.42. The molecule has 1 aliphatic heterocycles. The number of piperidine rings is 1. The van der Waals surface area contributed by atoms with Crippen LogP contribution < -0.4 is 4.74 Å². The van der Waals surface area contributed by atoms with Crippen molar-refractivity contribution in [2.24, 2.45) is 34.5 Å². The molecule has 31 heavy (non-hydrogen) atoms. The number of hydrogen-bond donors (Lipinski definition) is 0. The maximum Gasteiger partial charge on any atom is 0.226 e. The predicted octanol–water partition coefficient (Wildman–Crippen LogP) is 6.69. The highest BCUT2D eigenvalue weighted by Gasteiger charge is 2.60. The maximum atomic E-state index is 12.4. The van der Waals surface area contributed by atoms with Crippen molar-refractivity contribution in [3.63, 3.8) is 0 Å². The Morgan fingerprint density at radius 2 is 1.77 bits per heavy atom. The van der Waals surface area contributed by atoms with Crippen molar-refractivity contribution < 1.29 is 9.53 Å². The van der Waals surface area contributed by atoms with E-state index < -0.39 is 0 Å². The highest BCUT2D eigenvalue weighted by atomic mass is 16.5. The van der Waals surface area contributed by atoms with Gasteiger partial charge in [0.1, 0.15) is 5.75 Å². The Hall–Kier alpha value is -1.77. The van der Waals surface area contributed by atoms with Crippen LogP contribution in [0.25, 0.3) is 0 Å². The normalized spacial score (nSPS) is 41.2. The number of hydrogen-bond acceptors (Lipinski definition) is 2. The molecule has 0 bridgehead atoms. The van der Waals surface area contributed by atoms with Gasteiger partial charge in [0, 0.05) is 24.6 Å². The van der Waals surface area contributed by atoms with Gasteiger partial charge < -0.3 is 9.64 Å². The number of rotatable bonds is 2. The number of carbonyl (C=O) groups is 1. The predicted molar refractivity (Wildman–Crippen MR) is 127 cm³/mol. The SMILES string of the molecule is CC.CC1C=C2N(C)C(=O)CC[C@]2(C)C2CC[C@]3(C)CC(Oc4ccccc4)CC3C12. The first kappa shape index (κ1) is 22.4. The van der Waals surface area contributed by atoms with Gasteiger partial charge in [-0.2, -0.15) is 0 Å². The van der Waals surface area contributed by atoms with Crippen LogP contribution in [0.5, 0.6) is 5.75 Å². The lowest BCUT2D eigenvalue weighted by atomic mass is 9.48. The lowest BCUT2D eigenvalue weighted by Crippen LogP contribution is -2.54. The smallest absolute Gasteiger partial charge is 0.226 e. The largest absolute Gasteiger partial charge is 0.490 e. The third-order valence-electron chi connectivity index (χ3n) is 9.13. The Kier molecular flexibility index (Phi) is 6.00. The van der Waals surface area contributed by atoms with Gasteiger partial charge in [-0.3, -0.25) is 4.79 Å². The number of para-hydroxylation sites is 1. The molecule has 5 rings (SSSR count). The van der Waals surface area contributed by atoms with E-state index in [1.807, 2.05) is 31.9 Å². The average molecular weight is 424 g/mol. The van der Waals surface area contributed by atoms with Gasteiger partial charge in [0.2, 0.25) is 5.91 Å². The first-order valence-electron chi connectivity index (χ1n) is 12.5. The Labute approximate surface area is 189 Å². The number of likely N-dealkylation sites (tertiary alicyclic amines) is 1. The fourth-order valence-electron chi connectivity index (χ4n) is 7.66. The van der Waals surface area contributed by atoms with E-state index in [9.17, 15) is 4.79 Å². The Bertz CT molecular complexity index is 833. The van der Waals surface area contributed by atoms with Crippen LogP contribution in [0.3, 0.4) is 0 Å². The van der Waals surface area contributed by atoms with Crippen LogP contribution in [0.1, 0.15) is 73.1 Å². The Morgan fingerprint density at radius 3 is 2.48 bits per heavy atom. The number of fused-ring (bicyclic) bond motifs is 5. The number of benzene rings is 1. The molecule has 0 radical (unpaired) electrons. The molecule has 0 aromatic heterocycles. The highest BCUT2D eigenvalue weighted by molar-refractivity contribution is 5.79. The Morgan fingerprint density at radius 1 is 1.06 bits per heavy atom. The lowest BCUT2D eigenvalue weighted by Gasteiger charge is -2.59. The molecule has 170 valence electrons. The third-order valence-corrected chi connectivity index (χ3v) is 9.13. The summed E-state index contributed by atoms with van der Waals surface area (Å²) in [6.45, 7) is 11.4. The van der Waals surface area contributed by atoms with E-state index in [-0.39, 0.29) is 11.3 Å². The van der Waals surface area contributed by atoms with Crippen molar-refractivity contribution in [2.75, 3.05) is 7.05 Å². The van der Waals surface area contributed by atoms with Crippen molar-refractivity contribution in [1.82, 2.24) is 4.90 Å². The van der Waals surface area contributed by atoms with Gasteiger partial charge in [0.15, 0.2) is 0 Å². The quantitative estimate of drug-likeness (QED) is 0.530. The number of nitrogens with zero attached hydrogens (tertiary/aromatic N) is 1. The second kappa shape index (κ2) is 8.30. The molecule has 3 heteroatoms. The van der Waals surface area contributed by atoms with Crippen LogP contribution in [0.4, 0.5) is 0 Å². The van der Waals surface area contributed by atoms with E-state index in [2.05, 4.69) is 51.1 Å². The molecule has 1 heterocycles. The van der Waals surface area contributed by atoms with Gasteiger partial charge in [-0.1, -0.05) is 58.9 Å². The minimum absolute atomic E-state index is 0.152. The van der Waals surface area contributed by atoms with E-state index in [1.54, 1.807) is 0 Å². The van der Waals surface area contributed by atoms with Gasteiger partial charge in [-0.25, -0.2) is 0 Å². The van der Waals surface area contributed by atoms with Crippen molar-refractivity contribution in [3.8, 4) is 5.75 Å². The molecule has 5 unspecified atom stereocenters. The topological polar surface area (TPSA) is 29.5 Å². The second-order valence-corrected chi connectivity index (χ2v) is 10.8. The summed E-state index contributed by atoms with van der Waals surface area (Å²) in [5.41, 5.74) is 1.84. The summed E-state index contributed by atoms with van der Waals surface area (Å²) in [7, 11) is 1.99. The third kappa shape index (κ3) is 3.62. The van der Waals surface area contributed by atoms with Gasteiger partial charge in [-0.15, -0.1) is 0 Å². The van der Waals surface area contributed by atoms with Gasteiger partial charge in [0.25, 0.3) is 0 Å². The monoisotopic (exact) mass is 423 g/mol. The molecule has 4 aliphatic rings. The van der Waals surface area contributed by atoms with Crippen LogP contribution in [-0.2, 0) is 4.79 Å². The molecule has 1 saturated heterocycles. The zero-order valence-electron chi connectivity index (χ0n) is 20.4. The molecular formula is C28H41NO2. The summed E-state index contributed by atoms with van der Waals surface area (Å²) in [5.74, 6) is 3.92. The fraction of sp³-hybridized carbons (Fsp3) is 0.679. The first-order chi connectivity index (χ1) is 14.8. The van der Waals surface area contributed by atoms with Crippen molar-refractivity contribution in [2.45, 2.75) is 79.2 Å². The minimum Gasteiger partial charge on any atom is -0.490 e. The number of amides is 1.